The molecule has 0 saturated carbocycles. The van der Waals surface area contributed by atoms with Crippen LogP contribution in [0.25, 0.3) is 0 Å². The lowest BCUT2D eigenvalue weighted by molar-refractivity contribution is 0.335. The lowest BCUT2D eigenvalue weighted by Crippen LogP contribution is -2.09. The molecule has 3 heteroatoms. The molecule has 2 aromatic rings. The first-order chi connectivity index (χ1) is 9.61. The van der Waals surface area contributed by atoms with Crippen LogP contribution in [-0.2, 0) is 0 Å². The van der Waals surface area contributed by atoms with Crippen molar-refractivity contribution >= 4 is 28.3 Å². The van der Waals surface area contributed by atoms with E-state index in [1.165, 1.54) is 20.4 Å². The molecule has 0 heterocycles. The number of anilines is 1. The van der Waals surface area contributed by atoms with Crippen molar-refractivity contribution in [1.82, 2.24) is 0 Å². The maximum Gasteiger partial charge on any atom is 0.124 e. The number of hydrogen-bond acceptors (Lipinski definition) is 2. The van der Waals surface area contributed by atoms with Gasteiger partial charge in [-0.2, -0.15) is 0 Å². The Hall–Kier alpha value is -1.23. The Labute approximate surface area is 134 Å². The molecule has 0 spiro atoms. The summed E-state index contributed by atoms with van der Waals surface area (Å²) in [4.78, 5) is 0. The number of halogens is 1. The molecule has 0 fully saturated rings. The molecule has 0 saturated heterocycles. The lowest BCUT2D eigenvalue weighted by atomic mass is 10.1. The fourth-order valence-electron chi connectivity index (χ4n) is 2.23. The van der Waals surface area contributed by atoms with E-state index < -0.39 is 0 Å². The van der Waals surface area contributed by atoms with Crippen molar-refractivity contribution in [3.05, 3.63) is 57.2 Å². The zero-order valence-electron chi connectivity index (χ0n) is 12.1. The molecular formula is C17H20INO. The van der Waals surface area contributed by atoms with E-state index in [4.69, 9.17) is 4.74 Å². The molecular weight excluding hydrogens is 361 g/mol. The van der Waals surface area contributed by atoms with Crippen LogP contribution in [0.2, 0.25) is 0 Å². The van der Waals surface area contributed by atoms with Gasteiger partial charge >= 0.3 is 0 Å². The van der Waals surface area contributed by atoms with E-state index in [9.17, 15) is 0 Å². The van der Waals surface area contributed by atoms with Crippen molar-refractivity contribution in [3.8, 4) is 5.75 Å². The molecule has 106 valence electrons. The first kappa shape index (κ1) is 15.2. The summed E-state index contributed by atoms with van der Waals surface area (Å²) >= 11 is 2.34. The summed E-state index contributed by atoms with van der Waals surface area (Å²) in [6.07, 6.45) is 0. The average molecular weight is 381 g/mol. The SMILES string of the molecule is CCOc1ccccc1C(C)Nc1ccc(I)cc1C. The Morgan fingerprint density at radius 3 is 2.65 bits per heavy atom. The van der Waals surface area contributed by atoms with E-state index in [-0.39, 0.29) is 6.04 Å². The minimum atomic E-state index is 0.205. The van der Waals surface area contributed by atoms with Crippen molar-refractivity contribution in [2.75, 3.05) is 11.9 Å². The van der Waals surface area contributed by atoms with Gasteiger partial charge < -0.3 is 10.1 Å². The monoisotopic (exact) mass is 381 g/mol. The molecule has 0 radical (unpaired) electrons. The van der Waals surface area contributed by atoms with E-state index in [1.54, 1.807) is 0 Å². The van der Waals surface area contributed by atoms with E-state index in [0.29, 0.717) is 6.61 Å². The standard InChI is InChI=1S/C17H20INO/c1-4-20-17-8-6-5-7-15(17)13(3)19-16-10-9-14(18)11-12(16)2/h5-11,13,19H,4H2,1-3H3. The molecule has 0 aliphatic rings. The Kier molecular flexibility index (Phi) is 5.29. The smallest absolute Gasteiger partial charge is 0.124 e. The van der Waals surface area contributed by atoms with Crippen LogP contribution in [0.4, 0.5) is 5.69 Å². The molecule has 0 amide bonds. The molecule has 1 unspecified atom stereocenters. The normalized spacial score (nSPS) is 12.0. The van der Waals surface area contributed by atoms with Crippen LogP contribution in [-0.4, -0.2) is 6.61 Å². The third kappa shape index (κ3) is 3.66. The van der Waals surface area contributed by atoms with Gasteiger partial charge in [0.15, 0.2) is 0 Å². The van der Waals surface area contributed by atoms with E-state index >= 15 is 0 Å². The molecule has 2 aromatic carbocycles. The van der Waals surface area contributed by atoms with Crippen LogP contribution >= 0.6 is 22.6 Å². The van der Waals surface area contributed by atoms with E-state index in [2.05, 4.69) is 72.1 Å². The largest absolute Gasteiger partial charge is 0.494 e. The van der Waals surface area contributed by atoms with Gasteiger partial charge in [-0.15, -0.1) is 0 Å². The first-order valence-corrected chi connectivity index (χ1v) is 7.94. The third-order valence-corrected chi connectivity index (χ3v) is 3.92. The molecule has 1 atom stereocenters. The molecule has 20 heavy (non-hydrogen) atoms. The number of benzene rings is 2. The summed E-state index contributed by atoms with van der Waals surface area (Å²) in [6.45, 7) is 6.99. The van der Waals surface area contributed by atoms with Gasteiger partial charge in [-0.25, -0.2) is 0 Å². The van der Waals surface area contributed by atoms with Crippen LogP contribution in [0.15, 0.2) is 42.5 Å². The second-order valence-electron chi connectivity index (χ2n) is 4.80. The molecule has 0 bridgehead atoms. The van der Waals surface area contributed by atoms with Gasteiger partial charge in [-0.1, -0.05) is 18.2 Å². The Morgan fingerprint density at radius 2 is 1.95 bits per heavy atom. The number of nitrogens with one attached hydrogen (secondary N) is 1. The third-order valence-electron chi connectivity index (χ3n) is 3.25. The van der Waals surface area contributed by atoms with Crippen LogP contribution < -0.4 is 10.1 Å². The van der Waals surface area contributed by atoms with E-state index in [1.807, 2.05) is 19.1 Å². The predicted molar refractivity (Wildman–Crippen MR) is 93.5 cm³/mol. The predicted octanol–water partition coefficient (Wildman–Crippen LogP) is 5.17. The summed E-state index contributed by atoms with van der Waals surface area (Å²) in [6, 6.07) is 14.9. The second-order valence-corrected chi connectivity index (χ2v) is 6.04. The number of rotatable bonds is 5. The lowest BCUT2D eigenvalue weighted by Gasteiger charge is -2.20. The zero-order chi connectivity index (χ0) is 14.5. The molecule has 0 aromatic heterocycles. The maximum absolute atomic E-state index is 5.70. The van der Waals surface area contributed by atoms with Gasteiger partial charge in [0.25, 0.3) is 0 Å². The highest BCUT2D eigenvalue weighted by Crippen LogP contribution is 2.29. The molecule has 1 N–H and O–H groups in total. The van der Waals surface area contributed by atoms with Gasteiger partial charge in [0, 0.05) is 14.8 Å². The summed E-state index contributed by atoms with van der Waals surface area (Å²) in [5.74, 6) is 0.957. The van der Waals surface area contributed by atoms with Crippen molar-refractivity contribution in [2.45, 2.75) is 26.8 Å². The van der Waals surface area contributed by atoms with Gasteiger partial charge in [0.1, 0.15) is 5.75 Å². The number of aryl methyl sites for hydroxylation is 1. The Morgan fingerprint density at radius 1 is 1.20 bits per heavy atom. The van der Waals surface area contributed by atoms with Gasteiger partial charge in [-0.05, 0) is 73.2 Å². The highest BCUT2D eigenvalue weighted by atomic mass is 127. The summed E-state index contributed by atoms with van der Waals surface area (Å²) in [5, 5.41) is 3.57. The highest BCUT2D eigenvalue weighted by Gasteiger charge is 2.11. The quantitative estimate of drug-likeness (QED) is 0.722. The van der Waals surface area contributed by atoms with Crippen LogP contribution in [0.1, 0.15) is 31.0 Å². The Bertz CT molecular complexity index is 583. The summed E-state index contributed by atoms with van der Waals surface area (Å²) < 4.78 is 6.96. The molecule has 2 nitrogen and oxygen atoms in total. The van der Waals surface area contributed by atoms with Crippen molar-refractivity contribution in [2.24, 2.45) is 0 Å². The first-order valence-electron chi connectivity index (χ1n) is 6.86. The number of para-hydroxylation sites is 1. The van der Waals surface area contributed by atoms with Crippen LogP contribution in [0, 0.1) is 10.5 Å². The second kappa shape index (κ2) is 6.97. The fourth-order valence-corrected chi connectivity index (χ4v) is 2.87. The average Bonchev–Trinajstić information content (AvgIpc) is 2.43. The zero-order valence-corrected chi connectivity index (χ0v) is 14.3. The van der Waals surface area contributed by atoms with Gasteiger partial charge in [0.05, 0.1) is 12.6 Å². The molecule has 2 rings (SSSR count). The number of ether oxygens (including phenoxy) is 1. The molecule has 0 aliphatic carbocycles. The van der Waals surface area contributed by atoms with Crippen LogP contribution in [0.5, 0.6) is 5.75 Å². The minimum absolute atomic E-state index is 0.205. The molecule has 0 aliphatic heterocycles. The maximum atomic E-state index is 5.70. The van der Waals surface area contributed by atoms with Crippen molar-refractivity contribution in [1.29, 1.82) is 0 Å². The summed E-state index contributed by atoms with van der Waals surface area (Å²) in [7, 11) is 0. The van der Waals surface area contributed by atoms with Crippen molar-refractivity contribution < 1.29 is 4.74 Å². The van der Waals surface area contributed by atoms with Crippen molar-refractivity contribution in [3.63, 3.8) is 0 Å². The Balaban J connectivity index is 2.21. The van der Waals surface area contributed by atoms with E-state index in [0.717, 1.165) is 5.75 Å². The minimum Gasteiger partial charge on any atom is -0.494 e. The highest BCUT2D eigenvalue weighted by molar-refractivity contribution is 14.1. The topological polar surface area (TPSA) is 21.3 Å². The van der Waals surface area contributed by atoms with Crippen LogP contribution in [0.3, 0.4) is 0 Å². The summed E-state index contributed by atoms with van der Waals surface area (Å²) in [5.41, 5.74) is 3.62. The van der Waals surface area contributed by atoms with Gasteiger partial charge in [0.2, 0.25) is 0 Å². The van der Waals surface area contributed by atoms with Gasteiger partial charge in [-0.3, -0.25) is 0 Å². The fraction of sp³-hybridized carbons (Fsp3) is 0.294. The number of hydrogen-bond donors (Lipinski definition) is 1.